The molecular weight excluding hydrogens is 392 g/mol. The quantitative estimate of drug-likeness (QED) is 0.519. The summed E-state index contributed by atoms with van der Waals surface area (Å²) in [6.45, 7) is 5.92. The van der Waals surface area contributed by atoms with Gasteiger partial charge in [-0.05, 0) is 50.1 Å². The molecule has 1 N–H and O–H groups in total. The summed E-state index contributed by atoms with van der Waals surface area (Å²) in [7, 11) is 3.52. The number of rotatable bonds is 6. The van der Waals surface area contributed by atoms with E-state index in [1.807, 2.05) is 64.3 Å². The Hall–Kier alpha value is -3.68. The highest BCUT2D eigenvalue weighted by atomic mass is 16.5. The van der Waals surface area contributed by atoms with E-state index < -0.39 is 0 Å². The number of aryl methyl sites for hydroxylation is 3. The van der Waals surface area contributed by atoms with Crippen molar-refractivity contribution in [3.63, 3.8) is 0 Å². The van der Waals surface area contributed by atoms with Crippen LogP contribution in [0.3, 0.4) is 0 Å². The summed E-state index contributed by atoms with van der Waals surface area (Å²) in [6, 6.07) is 9.69. The van der Waals surface area contributed by atoms with Gasteiger partial charge in [0.1, 0.15) is 12.3 Å². The number of hydrogen-bond acceptors (Lipinski definition) is 5. The van der Waals surface area contributed by atoms with Gasteiger partial charge in [0, 0.05) is 30.4 Å². The van der Waals surface area contributed by atoms with Gasteiger partial charge >= 0.3 is 0 Å². The van der Waals surface area contributed by atoms with Crippen molar-refractivity contribution in [3.05, 3.63) is 59.7 Å². The molecule has 31 heavy (non-hydrogen) atoms. The summed E-state index contributed by atoms with van der Waals surface area (Å²) in [5, 5.41) is 12.9. The molecule has 1 amide bonds. The van der Waals surface area contributed by atoms with Gasteiger partial charge in [-0.3, -0.25) is 9.48 Å². The van der Waals surface area contributed by atoms with E-state index in [4.69, 9.17) is 4.74 Å². The molecule has 1 aromatic carbocycles. The van der Waals surface area contributed by atoms with E-state index >= 15 is 0 Å². The van der Waals surface area contributed by atoms with Crippen LogP contribution in [0.25, 0.3) is 22.2 Å². The van der Waals surface area contributed by atoms with Crippen molar-refractivity contribution in [1.29, 1.82) is 0 Å². The lowest BCUT2D eigenvalue weighted by Crippen LogP contribution is -2.30. The minimum Gasteiger partial charge on any atom is -0.497 e. The molecule has 0 saturated carbocycles. The van der Waals surface area contributed by atoms with E-state index in [9.17, 15) is 4.79 Å². The average molecular weight is 419 g/mol. The average Bonchev–Trinajstić information content (AvgIpc) is 3.26. The third kappa shape index (κ3) is 4.01. The first-order valence-corrected chi connectivity index (χ1v) is 10.1. The maximum atomic E-state index is 12.8. The normalized spacial score (nSPS) is 12.2. The van der Waals surface area contributed by atoms with Crippen molar-refractivity contribution in [1.82, 2.24) is 29.9 Å². The van der Waals surface area contributed by atoms with Gasteiger partial charge in [-0.15, -0.1) is 0 Å². The van der Waals surface area contributed by atoms with Gasteiger partial charge in [0.25, 0.3) is 0 Å². The first kappa shape index (κ1) is 20.6. The Bertz CT molecular complexity index is 1240. The predicted molar refractivity (Wildman–Crippen MR) is 119 cm³/mol. The summed E-state index contributed by atoms with van der Waals surface area (Å²) in [5.74, 6) is 0.674. The van der Waals surface area contributed by atoms with Crippen LogP contribution < -0.4 is 10.1 Å². The third-order valence-corrected chi connectivity index (χ3v) is 5.40. The molecule has 1 atom stereocenters. The zero-order chi connectivity index (χ0) is 22.1. The van der Waals surface area contributed by atoms with Crippen LogP contribution in [0, 0.1) is 13.8 Å². The van der Waals surface area contributed by atoms with Crippen molar-refractivity contribution in [2.75, 3.05) is 7.11 Å². The molecule has 3 aromatic heterocycles. The van der Waals surface area contributed by atoms with E-state index in [0.29, 0.717) is 5.65 Å². The van der Waals surface area contributed by atoms with Crippen LogP contribution >= 0.6 is 0 Å². The van der Waals surface area contributed by atoms with E-state index in [1.54, 1.807) is 22.7 Å². The Morgan fingerprint density at radius 3 is 2.52 bits per heavy atom. The molecule has 0 fully saturated rings. The number of methoxy groups -OCH3 is 1. The number of amides is 1. The van der Waals surface area contributed by atoms with Crippen molar-refractivity contribution < 1.29 is 9.53 Å². The fourth-order valence-electron chi connectivity index (χ4n) is 3.95. The molecule has 4 aromatic rings. The first-order valence-electron chi connectivity index (χ1n) is 10.1. The summed E-state index contributed by atoms with van der Waals surface area (Å²) < 4.78 is 8.67. The van der Waals surface area contributed by atoms with Gasteiger partial charge in [-0.2, -0.15) is 10.2 Å². The van der Waals surface area contributed by atoms with Gasteiger partial charge in [-0.25, -0.2) is 9.67 Å². The van der Waals surface area contributed by atoms with Gasteiger partial charge in [0.2, 0.25) is 5.91 Å². The molecule has 0 spiro atoms. The molecule has 4 rings (SSSR count). The maximum absolute atomic E-state index is 12.8. The van der Waals surface area contributed by atoms with Crippen molar-refractivity contribution in [2.45, 2.75) is 33.4 Å². The highest BCUT2D eigenvalue weighted by Crippen LogP contribution is 2.30. The summed E-state index contributed by atoms with van der Waals surface area (Å²) >= 11 is 0. The van der Waals surface area contributed by atoms with Crippen LogP contribution in [-0.2, 0) is 18.4 Å². The van der Waals surface area contributed by atoms with E-state index in [-0.39, 0.29) is 18.5 Å². The number of nitrogens with zero attached hydrogens (tertiary/aromatic N) is 5. The van der Waals surface area contributed by atoms with Crippen molar-refractivity contribution in [2.24, 2.45) is 7.05 Å². The Labute approximate surface area is 180 Å². The number of fused-ring (bicyclic) bond motifs is 1. The Balaban J connectivity index is 1.60. The van der Waals surface area contributed by atoms with E-state index in [1.165, 1.54) is 0 Å². The minimum atomic E-state index is -0.146. The maximum Gasteiger partial charge on any atom is 0.242 e. The lowest BCUT2D eigenvalue weighted by Gasteiger charge is -2.13. The molecule has 0 aliphatic carbocycles. The number of nitrogens with one attached hydrogen (secondary N) is 1. The van der Waals surface area contributed by atoms with E-state index in [2.05, 4.69) is 20.5 Å². The SMILES string of the molecule is COc1ccc(-c2ccnc3c2c(C)nn3CC(=O)NC(C)c2cn(C)nc2C)cc1. The Kier molecular flexibility index (Phi) is 5.46. The van der Waals surface area contributed by atoms with Gasteiger partial charge in [0.05, 0.1) is 24.5 Å². The van der Waals surface area contributed by atoms with Crippen LogP contribution in [0.15, 0.2) is 42.7 Å². The van der Waals surface area contributed by atoms with Gasteiger partial charge in [0.15, 0.2) is 5.65 Å². The molecule has 0 radical (unpaired) electrons. The molecule has 3 heterocycles. The van der Waals surface area contributed by atoms with Crippen LogP contribution in [-0.4, -0.2) is 37.6 Å². The zero-order valence-electron chi connectivity index (χ0n) is 18.4. The molecule has 160 valence electrons. The van der Waals surface area contributed by atoms with Gasteiger partial charge < -0.3 is 10.1 Å². The number of carbonyl (C=O) groups excluding carboxylic acids is 1. The summed E-state index contributed by atoms with van der Waals surface area (Å²) in [5.41, 5.74) is 5.49. The topological polar surface area (TPSA) is 86.9 Å². The lowest BCUT2D eigenvalue weighted by molar-refractivity contribution is -0.122. The number of aromatic nitrogens is 5. The second-order valence-electron chi connectivity index (χ2n) is 7.66. The molecule has 0 bridgehead atoms. The number of pyridine rings is 1. The fourth-order valence-corrected chi connectivity index (χ4v) is 3.95. The number of ether oxygens (including phenoxy) is 1. The second-order valence-corrected chi connectivity index (χ2v) is 7.66. The number of hydrogen-bond donors (Lipinski definition) is 1. The summed E-state index contributed by atoms with van der Waals surface area (Å²) in [6.07, 6.45) is 3.68. The zero-order valence-corrected chi connectivity index (χ0v) is 18.4. The number of benzene rings is 1. The van der Waals surface area contributed by atoms with Crippen molar-refractivity contribution >= 4 is 16.9 Å². The molecule has 8 heteroatoms. The fraction of sp³-hybridized carbons (Fsp3) is 0.304. The predicted octanol–water partition coefficient (Wildman–Crippen LogP) is 3.33. The molecule has 8 nitrogen and oxygen atoms in total. The standard InChI is InChI=1S/C23H26N6O2/c1-14(20-12-28(4)26-15(20)2)25-21(30)13-29-23-22(16(3)27-29)19(10-11-24-23)17-6-8-18(31-5)9-7-17/h6-12,14H,13H2,1-5H3,(H,25,30). The molecule has 0 aliphatic rings. The number of carbonyl (C=O) groups is 1. The highest BCUT2D eigenvalue weighted by Gasteiger charge is 2.18. The molecule has 1 unspecified atom stereocenters. The lowest BCUT2D eigenvalue weighted by atomic mass is 10.0. The van der Waals surface area contributed by atoms with Crippen LogP contribution in [0.2, 0.25) is 0 Å². The second kappa shape index (κ2) is 8.22. The smallest absolute Gasteiger partial charge is 0.242 e. The summed E-state index contributed by atoms with van der Waals surface area (Å²) in [4.78, 5) is 17.3. The third-order valence-electron chi connectivity index (χ3n) is 5.40. The van der Waals surface area contributed by atoms with Crippen LogP contribution in [0.1, 0.15) is 29.9 Å². The monoisotopic (exact) mass is 418 g/mol. The highest BCUT2D eigenvalue weighted by molar-refractivity contribution is 5.95. The molecule has 0 saturated heterocycles. The van der Waals surface area contributed by atoms with Gasteiger partial charge in [-0.1, -0.05) is 12.1 Å². The first-order chi connectivity index (χ1) is 14.9. The van der Waals surface area contributed by atoms with Crippen LogP contribution in [0.5, 0.6) is 5.75 Å². The molecule has 0 aliphatic heterocycles. The van der Waals surface area contributed by atoms with Crippen molar-refractivity contribution in [3.8, 4) is 16.9 Å². The van der Waals surface area contributed by atoms with Crippen LogP contribution in [0.4, 0.5) is 0 Å². The minimum absolute atomic E-state index is 0.0903. The Morgan fingerprint density at radius 2 is 1.87 bits per heavy atom. The molecular formula is C23H26N6O2. The largest absolute Gasteiger partial charge is 0.497 e. The Morgan fingerprint density at radius 1 is 1.13 bits per heavy atom. The van der Waals surface area contributed by atoms with E-state index in [0.717, 1.165) is 39.2 Å².